The first-order chi connectivity index (χ1) is 25.0. The molecule has 0 aliphatic carbocycles. The van der Waals surface area contributed by atoms with Crippen LogP contribution in [-0.4, -0.2) is 59.6 Å². The topological polar surface area (TPSA) is 111 Å². The van der Waals surface area contributed by atoms with Crippen LogP contribution >= 0.6 is 0 Å². The van der Waals surface area contributed by atoms with Gasteiger partial charge < -0.3 is 24.4 Å². The third-order valence-corrected chi connectivity index (χ3v) is 14.3. The largest absolute Gasteiger partial charge is 0.432 e. The predicted octanol–water partition coefficient (Wildman–Crippen LogP) is 5.98. The molecule has 0 saturated carbocycles. The van der Waals surface area contributed by atoms with Gasteiger partial charge in [0.1, 0.15) is 0 Å². The SMILES string of the molecule is C[C@@H]1[C@@H]([Si](C)(C)O)[C@H](CC(=O)N2Cc3ccccc3C[C@H]2CO)O[C@@]12C(=O)N(Cc1cccc(N3C(=O)CCc4ccccc43)c1)c1ccccc12. The fourth-order valence-corrected chi connectivity index (χ4v) is 12.0. The number of aryl methyl sites for hydroxylation is 1. The van der Waals surface area contributed by atoms with E-state index < -0.39 is 31.5 Å². The summed E-state index contributed by atoms with van der Waals surface area (Å²) in [6.07, 6.45) is 0.998. The van der Waals surface area contributed by atoms with Crippen molar-refractivity contribution in [2.75, 3.05) is 16.4 Å². The van der Waals surface area contributed by atoms with Crippen molar-refractivity contribution < 1.29 is 29.0 Å². The number of aliphatic hydroxyl groups excluding tert-OH is 1. The second-order valence-electron chi connectivity index (χ2n) is 15.3. The van der Waals surface area contributed by atoms with E-state index in [-0.39, 0.29) is 43.3 Å². The summed E-state index contributed by atoms with van der Waals surface area (Å²) in [5, 5.41) is 10.3. The number of carbonyl (C=O) groups is 3. The van der Waals surface area contributed by atoms with E-state index in [0.717, 1.165) is 44.9 Å². The zero-order valence-corrected chi connectivity index (χ0v) is 30.9. The number of aliphatic hydroxyl groups is 1. The number of carbonyl (C=O) groups excluding carboxylic acids is 3. The van der Waals surface area contributed by atoms with Crippen LogP contribution < -0.4 is 9.80 Å². The van der Waals surface area contributed by atoms with Crippen LogP contribution in [0.3, 0.4) is 0 Å². The van der Waals surface area contributed by atoms with Crippen LogP contribution in [-0.2, 0) is 50.7 Å². The summed E-state index contributed by atoms with van der Waals surface area (Å²) in [5.41, 5.74) is 5.48. The number of fused-ring (bicyclic) bond motifs is 4. The summed E-state index contributed by atoms with van der Waals surface area (Å²) in [6.45, 7) is 6.18. The minimum Gasteiger partial charge on any atom is -0.432 e. The highest BCUT2D eigenvalue weighted by atomic mass is 28.4. The molecule has 268 valence electrons. The van der Waals surface area contributed by atoms with Gasteiger partial charge in [0.25, 0.3) is 5.91 Å². The van der Waals surface area contributed by atoms with E-state index in [2.05, 4.69) is 6.07 Å². The standard InChI is InChI=1S/C42H45N3O6Si/c1-27-40(52(2,3)50)37(23-39(48)43-25-31-14-5-4-13-30(31)22-33(43)26-46)51-42(27)34-16-7-9-18-36(34)44(41(42)49)24-28-11-10-15-32(21-28)45-35-17-8-6-12-29(35)19-20-38(45)47/h4-18,21,27,33,37,40,46,50H,19-20,22-26H2,1-3H3/t27-,33+,37+,40-,42+/m1/s1. The van der Waals surface area contributed by atoms with Gasteiger partial charge in [-0.2, -0.15) is 0 Å². The normalized spacial score (nSPS) is 25.4. The molecule has 4 heterocycles. The molecule has 0 bridgehead atoms. The molecule has 5 atom stereocenters. The van der Waals surface area contributed by atoms with Crippen LogP contribution in [0, 0.1) is 5.92 Å². The van der Waals surface area contributed by atoms with Crippen LogP contribution in [0.1, 0.15) is 47.6 Å². The number of rotatable bonds is 7. The maximum atomic E-state index is 15.0. The van der Waals surface area contributed by atoms with E-state index >= 15 is 0 Å². The highest BCUT2D eigenvalue weighted by molar-refractivity contribution is 6.71. The second kappa shape index (κ2) is 13.1. The van der Waals surface area contributed by atoms with Gasteiger partial charge in [0.15, 0.2) is 13.9 Å². The Balaban J connectivity index is 1.10. The number of nitrogens with zero attached hydrogens (tertiary/aromatic N) is 3. The summed E-state index contributed by atoms with van der Waals surface area (Å²) < 4.78 is 6.96. The summed E-state index contributed by atoms with van der Waals surface area (Å²) >= 11 is 0. The number of amides is 3. The van der Waals surface area contributed by atoms with Crippen molar-refractivity contribution in [3.05, 3.63) is 125 Å². The quantitative estimate of drug-likeness (QED) is 0.228. The first-order valence-electron chi connectivity index (χ1n) is 18.3. The van der Waals surface area contributed by atoms with Gasteiger partial charge in [0.05, 0.1) is 43.1 Å². The monoisotopic (exact) mass is 715 g/mol. The molecule has 0 unspecified atom stereocenters. The zero-order chi connectivity index (χ0) is 36.4. The van der Waals surface area contributed by atoms with Crippen molar-refractivity contribution in [2.24, 2.45) is 5.92 Å². The first kappa shape index (κ1) is 34.5. The lowest BCUT2D eigenvalue weighted by atomic mass is 9.82. The summed E-state index contributed by atoms with van der Waals surface area (Å²) in [4.78, 5) is 59.4. The molecule has 4 aromatic carbocycles. The van der Waals surface area contributed by atoms with E-state index in [4.69, 9.17) is 4.74 Å². The Morgan fingerprint density at radius 1 is 0.885 bits per heavy atom. The molecule has 4 aliphatic heterocycles. The maximum Gasteiger partial charge on any atom is 0.264 e. The molecule has 4 aliphatic rings. The van der Waals surface area contributed by atoms with Crippen LogP contribution in [0.15, 0.2) is 97.1 Å². The van der Waals surface area contributed by atoms with Crippen LogP contribution in [0.2, 0.25) is 18.6 Å². The number of anilines is 3. The molecular weight excluding hydrogens is 671 g/mol. The fourth-order valence-electron chi connectivity index (χ4n) is 9.41. The molecule has 9 nitrogen and oxygen atoms in total. The Morgan fingerprint density at radius 3 is 2.33 bits per heavy atom. The fraction of sp³-hybridized carbons (Fsp3) is 0.357. The van der Waals surface area contributed by atoms with Crippen molar-refractivity contribution in [3.63, 3.8) is 0 Å². The van der Waals surface area contributed by atoms with Gasteiger partial charge in [-0.25, -0.2) is 0 Å². The second-order valence-corrected chi connectivity index (χ2v) is 19.3. The third kappa shape index (κ3) is 5.60. The van der Waals surface area contributed by atoms with Gasteiger partial charge in [0.2, 0.25) is 11.8 Å². The van der Waals surface area contributed by atoms with Crippen molar-refractivity contribution in [1.29, 1.82) is 0 Å². The molecule has 1 spiro atoms. The molecular formula is C42H45N3O6Si. The summed E-state index contributed by atoms with van der Waals surface area (Å²) in [6, 6.07) is 31.0. The van der Waals surface area contributed by atoms with E-state index in [0.29, 0.717) is 25.8 Å². The Labute approximate surface area is 305 Å². The van der Waals surface area contributed by atoms with E-state index in [1.165, 1.54) is 0 Å². The van der Waals surface area contributed by atoms with Crippen LogP contribution in [0.4, 0.5) is 17.1 Å². The van der Waals surface area contributed by atoms with Crippen molar-refractivity contribution in [1.82, 2.24) is 4.90 Å². The number of para-hydroxylation sites is 2. The molecule has 0 radical (unpaired) electrons. The van der Waals surface area contributed by atoms with E-state index in [9.17, 15) is 24.3 Å². The lowest BCUT2D eigenvalue weighted by Crippen LogP contribution is -2.48. The molecule has 0 aromatic heterocycles. The van der Waals surface area contributed by atoms with Crippen LogP contribution in [0.5, 0.6) is 0 Å². The van der Waals surface area contributed by atoms with Crippen molar-refractivity contribution >= 4 is 43.1 Å². The minimum atomic E-state index is -3.01. The third-order valence-electron chi connectivity index (χ3n) is 11.8. The summed E-state index contributed by atoms with van der Waals surface area (Å²) in [5.74, 6) is -0.760. The average molecular weight is 716 g/mol. The Morgan fingerprint density at radius 2 is 1.58 bits per heavy atom. The lowest BCUT2D eigenvalue weighted by molar-refractivity contribution is -0.151. The molecule has 2 N–H and O–H groups in total. The first-order valence-corrected chi connectivity index (χ1v) is 21.3. The average Bonchev–Trinajstić information content (AvgIpc) is 3.57. The number of hydrogen-bond donors (Lipinski definition) is 2. The molecule has 8 rings (SSSR count). The molecule has 4 aromatic rings. The minimum absolute atomic E-state index is 0.00472. The smallest absolute Gasteiger partial charge is 0.264 e. The van der Waals surface area contributed by atoms with Gasteiger partial charge in [-0.15, -0.1) is 0 Å². The van der Waals surface area contributed by atoms with E-state index in [1.807, 2.05) is 111 Å². The molecule has 1 fully saturated rings. The van der Waals surface area contributed by atoms with Gasteiger partial charge in [-0.1, -0.05) is 79.7 Å². The lowest BCUT2D eigenvalue weighted by Gasteiger charge is -2.37. The number of benzene rings is 4. The highest BCUT2D eigenvalue weighted by Gasteiger charge is 2.66. The Bertz CT molecular complexity index is 2060. The highest BCUT2D eigenvalue weighted by Crippen LogP contribution is 2.60. The number of hydrogen-bond acceptors (Lipinski definition) is 6. The zero-order valence-electron chi connectivity index (χ0n) is 29.9. The van der Waals surface area contributed by atoms with Gasteiger partial charge in [-0.3, -0.25) is 19.3 Å². The number of ether oxygens (including phenoxy) is 1. The Hall–Kier alpha value is -4.61. The molecule has 10 heteroatoms. The van der Waals surface area contributed by atoms with Crippen molar-refractivity contribution in [3.8, 4) is 0 Å². The van der Waals surface area contributed by atoms with Gasteiger partial charge in [-0.05, 0) is 72.5 Å². The molecule has 3 amide bonds. The summed E-state index contributed by atoms with van der Waals surface area (Å²) in [7, 11) is -3.01. The molecule has 52 heavy (non-hydrogen) atoms. The van der Waals surface area contributed by atoms with Gasteiger partial charge in [0, 0.05) is 35.7 Å². The van der Waals surface area contributed by atoms with Crippen molar-refractivity contribution in [2.45, 2.75) is 82.1 Å². The van der Waals surface area contributed by atoms with E-state index in [1.54, 1.807) is 14.7 Å². The molecule has 1 saturated heterocycles. The van der Waals surface area contributed by atoms with Gasteiger partial charge >= 0.3 is 0 Å². The Kier molecular flexibility index (Phi) is 8.69. The maximum absolute atomic E-state index is 15.0. The predicted molar refractivity (Wildman–Crippen MR) is 201 cm³/mol. The van der Waals surface area contributed by atoms with Crippen LogP contribution in [0.25, 0.3) is 0 Å².